The van der Waals surface area contributed by atoms with Gasteiger partial charge in [0.15, 0.2) is 20.4 Å². The van der Waals surface area contributed by atoms with Gasteiger partial charge in [0.2, 0.25) is 0 Å². The molecule has 0 amide bonds. The first-order valence-electron chi connectivity index (χ1n) is 8.51. The molecule has 7 heteroatoms. The summed E-state index contributed by atoms with van der Waals surface area (Å²) in [4.78, 5) is 23.3. The number of carbonyl (C=O) groups is 2. The molecule has 0 saturated heterocycles. The standard InChI is InChI=1S/C19H28I2O4Si/c1-14(22)24-17(25-26(5,6)18(2,3)4)12-19(11-15(21)13-20)9-7-16(23)8-10-19/h7-11,17H,12-13H2,1-6H3/b15-11+. The van der Waals surface area contributed by atoms with Crippen LogP contribution in [-0.4, -0.2) is 30.8 Å². The third kappa shape index (κ3) is 7.20. The van der Waals surface area contributed by atoms with Crippen molar-refractivity contribution in [2.24, 2.45) is 5.41 Å². The molecule has 0 aromatic rings. The Morgan fingerprint density at radius 2 is 1.85 bits per heavy atom. The van der Waals surface area contributed by atoms with Crippen molar-refractivity contribution >= 4 is 65.3 Å². The third-order valence-corrected chi connectivity index (χ3v) is 12.2. The van der Waals surface area contributed by atoms with Crippen LogP contribution in [0, 0.1) is 5.41 Å². The van der Waals surface area contributed by atoms with Crippen LogP contribution >= 0.6 is 45.2 Å². The zero-order valence-corrected chi connectivity index (χ0v) is 21.6. The van der Waals surface area contributed by atoms with E-state index in [0.717, 1.165) is 4.43 Å². The summed E-state index contributed by atoms with van der Waals surface area (Å²) in [6, 6.07) is 0. The number of esters is 1. The second kappa shape index (κ2) is 9.47. The van der Waals surface area contributed by atoms with E-state index in [4.69, 9.17) is 9.16 Å². The molecule has 1 aliphatic rings. The van der Waals surface area contributed by atoms with Gasteiger partial charge >= 0.3 is 5.97 Å². The van der Waals surface area contributed by atoms with Gasteiger partial charge in [-0.15, -0.1) is 0 Å². The molecule has 1 unspecified atom stereocenters. The number of rotatable bonds is 7. The van der Waals surface area contributed by atoms with Gasteiger partial charge in [0.05, 0.1) is 0 Å². The van der Waals surface area contributed by atoms with Gasteiger partial charge in [-0.2, -0.15) is 0 Å². The van der Waals surface area contributed by atoms with Gasteiger partial charge in [-0.1, -0.05) is 61.6 Å². The van der Waals surface area contributed by atoms with Crippen LogP contribution in [-0.2, 0) is 18.8 Å². The first-order chi connectivity index (χ1) is 11.8. The SMILES string of the molecule is CC(=O)OC(CC1(/C=C(/I)CI)C=CC(=O)C=C1)O[Si](C)(C)C(C)(C)C. The molecule has 1 atom stereocenters. The normalized spacial score (nSPS) is 18.8. The van der Waals surface area contributed by atoms with Gasteiger partial charge in [-0.3, -0.25) is 9.59 Å². The lowest BCUT2D eigenvalue weighted by Crippen LogP contribution is -2.46. The van der Waals surface area contributed by atoms with E-state index >= 15 is 0 Å². The number of alkyl halides is 1. The van der Waals surface area contributed by atoms with E-state index in [0.29, 0.717) is 6.42 Å². The molecule has 0 aliphatic heterocycles. The van der Waals surface area contributed by atoms with Crippen LogP contribution in [0.1, 0.15) is 34.1 Å². The topological polar surface area (TPSA) is 52.6 Å². The predicted octanol–water partition coefficient (Wildman–Crippen LogP) is 5.72. The maximum absolute atomic E-state index is 11.7. The summed E-state index contributed by atoms with van der Waals surface area (Å²) in [6.45, 7) is 12.1. The summed E-state index contributed by atoms with van der Waals surface area (Å²) < 4.78 is 14.0. The molecule has 26 heavy (non-hydrogen) atoms. The molecule has 0 fully saturated rings. The Morgan fingerprint density at radius 3 is 2.27 bits per heavy atom. The van der Waals surface area contributed by atoms with Crippen LogP contribution in [0.4, 0.5) is 0 Å². The van der Waals surface area contributed by atoms with Crippen LogP contribution in [0.15, 0.2) is 34.0 Å². The van der Waals surface area contributed by atoms with Crippen molar-refractivity contribution in [3.05, 3.63) is 34.0 Å². The van der Waals surface area contributed by atoms with Crippen molar-refractivity contribution in [2.45, 2.75) is 58.5 Å². The lowest BCUT2D eigenvalue weighted by Gasteiger charge is -2.40. The highest BCUT2D eigenvalue weighted by atomic mass is 127. The molecule has 1 aliphatic carbocycles. The van der Waals surface area contributed by atoms with E-state index in [1.54, 1.807) is 12.2 Å². The van der Waals surface area contributed by atoms with Crippen LogP contribution in [0.5, 0.6) is 0 Å². The van der Waals surface area contributed by atoms with Crippen molar-refractivity contribution in [1.82, 2.24) is 0 Å². The maximum Gasteiger partial charge on any atom is 0.304 e. The number of allylic oxidation sites excluding steroid dienone is 6. The highest BCUT2D eigenvalue weighted by molar-refractivity contribution is 14.1. The number of carbonyl (C=O) groups excluding carboxylic acids is 2. The monoisotopic (exact) mass is 602 g/mol. The third-order valence-electron chi connectivity index (χ3n) is 4.72. The van der Waals surface area contributed by atoms with Gasteiger partial charge in [-0.25, -0.2) is 0 Å². The van der Waals surface area contributed by atoms with E-state index < -0.39 is 20.0 Å². The number of ether oxygens (including phenoxy) is 1. The zero-order valence-electron chi connectivity index (χ0n) is 16.3. The summed E-state index contributed by atoms with van der Waals surface area (Å²) in [5, 5.41) is -0.000751. The Morgan fingerprint density at radius 1 is 1.31 bits per heavy atom. The van der Waals surface area contributed by atoms with Gasteiger partial charge in [0, 0.05) is 23.2 Å². The molecule has 0 N–H and O–H groups in total. The number of hydrogen-bond acceptors (Lipinski definition) is 4. The van der Waals surface area contributed by atoms with Gasteiger partial charge in [0.1, 0.15) is 0 Å². The predicted molar refractivity (Wildman–Crippen MR) is 125 cm³/mol. The van der Waals surface area contributed by atoms with Crippen molar-refractivity contribution < 1.29 is 18.8 Å². The minimum Gasteiger partial charge on any atom is -0.437 e. The van der Waals surface area contributed by atoms with Gasteiger partial charge < -0.3 is 9.16 Å². The minimum atomic E-state index is -2.13. The van der Waals surface area contributed by atoms with Crippen LogP contribution < -0.4 is 0 Å². The molecule has 0 aromatic heterocycles. The quantitative estimate of drug-likeness (QED) is 0.123. The fraction of sp³-hybridized carbons (Fsp3) is 0.579. The lowest BCUT2D eigenvalue weighted by atomic mass is 9.80. The molecular formula is C19H28I2O4Si. The first kappa shape index (κ1) is 24.0. The van der Waals surface area contributed by atoms with Gasteiger partial charge in [-0.05, 0) is 56.5 Å². The van der Waals surface area contributed by atoms with Gasteiger partial charge in [0.25, 0.3) is 0 Å². The van der Waals surface area contributed by atoms with E-state index in [1.807, 2.05) is 12.2 Å². The second-order valence-electron chi connectivity index (χ2n) is 8.03. The van der Waals surface area contributed by atoms with Crippen molar-refractivity contribution in [3.8, 4) is 0 Å². The first-order valence-corrected chi connectivity index (χ1v) is 14.0. The summed E-state index contributed by atoms with van der Waals surface area (Å²) in [7, 11) is -2.13. The fourth-order valence-corrected chi connectivity index (χ4v) is 4.24. The lowest BCUT2D eigenvalue weighted by molar-refractivity contribution is -0.164. The molecule has 146 valence electrons. The average Bonchev–Trinajstić information content (AvgIpc) is 2.48. The highest BCUT2D eigenvalue weighted by Gasteiger charge is 2.42. The Balaban J connectivity index is 3.20. The zero-order chi connectivity index (χ0) is 20.2. The van der Waals surface area contributed by atoms with Crippen molar-refractivity contribution in [2.75, 3.05) is 4.43 Å². The average molecular weight is 602 g/mol. The highest BCUT2D eigenvalue weighted by Crippen LogP contribution is 2.41. The Bertz CT molecular complexity index is 614. The van der Waals surface area contributed by atoms with E-state index in [1.165, 1.54) is 10.5 Å². The molecule has 0 heterocycles. The van der Waals surface area contributed by atoms with E-state index in [2.05, 4.69) is 85.1 Å². The molecule has 0 radical (unpaired) electrons. The largest absolute Gasteiger partial charge is 0.437 e. The number of ketones is 1. The smallest absolute Gasteiger partial charge is 0.304 e. The Labute approximate surface area is 185 Å². The van der Waals surface area contributed by atoms with Crippen molar-refractivity contribution in [1.29, 1.82) is 0 Å². The van der Waals surface area contributed by atoms with Crippen molar-refractivity contribution in [3.63, 3.8) is 0 Å². The number of halogens is 2. The van der Waals surface area contributed by atoms with Crippen LogP contribution in [0.25, 0.3) is 0 Å². The molecular weight excluding hydrogens is 574 g/mol. The van der Waals surface area contributed by atoms with E-state index in [-0.39, 0.29) is 16.8 Å². The molecule has 4 nitrogen and oxygen atoms in total. The van der Waals surface area contributed by atoms with E-state index in [9.17, 15) is 9.59 Å². The molecule has 0 saturated carbocycles. The van der Waals surface area contributed by atoms with Crippen LogP contribution in [0.3, 0.4) is 0 Å². The maximum atomic E-state index is 11.7. The summed E-state index contributed by atoms with van der Waals surface area (Å²) in [5.74, 6) is -0.399. The molecule has 0 bridgehead atoms. The molecule has 0 aromatic carbocycles. The minimum absolute atomic E-state index is 0.000751. The second-order valence-corrected chi connectivity index (χ2v) is 14.9. The van der Waals surface area contributed by atoms with Crippen LogP contribution in [0.2, 0.25) is 18.1 Å². The molecule has 0 spiro atoms. The Kier molecular flexibility index (Phi) is 8.75. The number of hydrogen-bond donors (Lipinski definition) is 0. The fourth-order valence-electron chi connectivity index (χ4n) is 2.29. The summed E-state index contributed by atoms with van der Waals surface area (Å²) in [6.07, 6.45) is 8.81. The Hall–Kier alpha value is -0.00312. The summed E-state index contributed by atoms with van der Waals surface area (Å²) >= 11 is 4.60. The molecule has 1 rings (SSSR count). The summed E-state index contributed by atoms with van der Waals surface area (Å²) in [5.41, 5.74) is -0.502.